The van der Waals surface area contributed by atoms with Crippen LogP contribution in [0.5, 0.6) is 11.5 Å². The molecule has 1 fully saturated rings. The van der Waals surface area contributed by atoms with Crippen LogP contribution in [0.15, 0.2) is 76.6 Å². The molecular weight excluding hydrogens is 623 g/mol. The van der Waals surface area contributed by atoms with Gasteiger partial charge in [-0.3, -0.25) is 19.3 Å². The number of thioether (sulfide) groups is 1. The van der Waals surface area contributed by atoms with E-state index in [2.05, 4.69) is 27.8 Å². The summed E-state index contributed by atoms with van der Waals surface area (Å²) >= 11 is 9.89. The number of anilines is 1. The lowest BCUT2D eigenvalue weighted by Crippen LogP contribution is -2.36. The van der Waals surface area contributed by atoms with Crippen LogP contribution in [0.2, 0.25) is 5.02 Å². The molecule has 1 saturated heterocycles. The van der Waals surface area contributed by atoms with Gasteiger partial charge >= 0.3 is 0 Å². The molecule has 1 N–H and O–H groups in total. The molecule has 1 heterocycles. The van der Waals surface area contributed by atoms with E-state index in [0.717, 1.165) is 38.3 Å². The monoisotopic (exact) mass is 644 g/mol. The van der Waals surface area contributed by atoms with E-state index in [1.54, 1.807) is 18.2 Å². The van der Waals surface area contributed by atoms with Crippen molar-refractivity contribution in [1.29, 1.82) is 0 Å². The highest BCUT2D eigenvalue weighted by atomic mass is 79.9. The van der Waals surface area contributed by atoms with Crippen molar-refractivity contribution in [2.45, 2.75) is 13.0 Å². The van der Waals surface area contributed by atoms with Gasteiger partial charge in [0.25, 0.3) is 11.1 Å². The number of carbonyl (C=O) groups is 3. The molecule has 4 rings (SSSR count). The van der Waals surface area contributed by atoms with E-state index >= 15 is 0 Å². The Morgan fingerprint density at radius 3 is 2.60 bits per heavy atom. The van der Waals surface area contributed by atoms with Gasteiger partial charge in [0.2, 0.25) is 5.91 Å². The Morgan fingerprint density at radius 2 is 1.93 bits per heavy atom. The van der Waals surface area contributed by atoms with E-state index in [4.69, 9.17) is 21.1 Å². The summed E-state index contributed by atoms with van der Waals surface area (Å²) in [6, 6.07) is 15.0. The summed E-state index contributed by atoms with van der Waals surface area (Å²) in [7, 11) is 1.52. The number of hydrogen-bond donors (Lipinski definition) is 1. The lowest BCUT2D eigenvalue weighted by atomic mass is 10.0. The molecule has 0 aromatic heterocycles. The maximum absolute atomic E-state index is 13.4. The van der Waals surface area contributed by atoms with Gasteiger partial charge in [-0.15, -0.1) is 6.58 Å². The first-order chi connectivity index (χ1) is 19.2. The standard InChI is InChI=1S/C29H23BrClFN2O5S/c1-3-4-19-11-18(12-24(38-2)27(19)39-16-17-5-7-20(30)8-6-17)13-25-28(36)34(29(37)40-25)15-26(35)33-21-9-10-23(32)22(31)14-21/h3,5-14H,1,4,15-16H2,2H3,(H,33,35)/b25-13-. The normalized spacial score (nSPS) is 14.0. The number of methoxy groups -OCH3 is 1. The minimum absolute atomic E-state index is 0.151. The fourth-order valence-electron chi connectivity index (χ4n) is 3.83. The van der Waals surface area contributed by atoms with Gasteiger partial charge < -0.3 is 14.8 Å². The number of allylic oxidation sites excluding steroid dienone is 1. The summed E-state index contributed by atoms with van der Waals surface area (Å²) in [5, 5.41) is 1.75. The number of benzene rings is 3. The van der Waals surface area contributed by atoms with Gasteiger partial charge in [-0.25, -0.2) is 4.39 Å². The number of ether oxygens (including phenoxy) is 2. The van der Waals surface area contributed by atoms with Crippen LogP contribution in [0, 0.1) is 5.82 Å². The summed E-state index contributed by atoms with van der Waals surface area (Å²) in [4.78, 5) is 39.1. The number of amides is 3. The highest BCUT2D eigenvalue weighted by molar-refractivity contribution is 9.10. The van der Waals surface area contributed by atoms with Crippen molar-refractivity contribution in [2.24, 2.45) is 0 Å². The summed E-state index contributed by atoms with van der Waals surface area (Å²) < 4.78 is 26.0. The number of nitrogens with zero attached hydrogens (tertiary/aromatic N) is 1. The van der Waals surface area contributed by atoms with E-state index in [-0.39, 0.29) is 15.6 Å². The Bertz CT molecular complexity index is 1510. The zero-order valence-electron chi connectivity index (χ0n) is 21.2. The van der Waals surface area contributed by atoms with Crippen LogP contribution in [-0.2, 0) is 22.6 Å². The molecule has 1 aliphatic rings. The maximum atomic E-state index is 13.4. The van der Waals surface area contributed by atoms with Gasteiger partial charge in [-0.2, -0.15) is 0 Å². The Kier molecular flexibility index (Phi) is 9.67. The maximum Gasteiger partial charge on any atom is 0.294 e. The number of imide groups is 1. The van der Waals surface area contributed by atoms with Crippen LogP contribution in [0.3, 0.4) is 0 Å². The molecule has 3 amide bonds. The van der Waals surface area contributed by atoms with Gasteiger partial charge in [0.1, 0.15) is 19.0 Å². The van der Waals surface area contributed by atoms with Gasteiger partial charge in [0.05, 0.1) is 17.0 Å². The summed E-state index contributed by atoms with van der Waals surface area (Å²) in [5.74, 6) is -0.865. The van der Waals surface area contributed by atoms with E-state index < -0.39 is 29.4 Å². The molecule has 0 spiro atoms. The quantitative estimate of drug-likeness (QED) is 0.185. The van der Waals surface area contributed by atoms with Crippen molar-refractivity contribution in [1.82, 2.24) is 4.90 Å². The molecule has 0 unspecified atom stereocenters. The summed E-state index contributed by atoms with van der Waals surface area (Å²) in [6.07, 6.45) is 3.77. The second kappa shape index (κ2) is 13.2. The average molecular weight is 646 g/mol. The number of carbonyl (C=O) groups excluding carboxylic acids is 3. The van der Waals surface area contributed by atoms with Crippen LogP contribution in [0.4, 0.5) is 14.9 Å². The minimum atomic E-state index is -0.632. The van der Waals surface area contributed by atoms with Crippen LogP contribution in [-0.4, -0.2) is 35.6 Å². The first-order valence-corrected chi connectivity index (χ1v) is 13.9. The first kappa shape index (κ1) is 29.4. The van der Waals surface area contributed by atoms with E-state index in [9.17, 15) is 18.8 Å². The molecular formula is C29H23BrClFN2O5S. The van der Waals surface area contributed by atoms with Crippen LogP contribution in [0.25, 0.3) is 6.08 Å². The van der Waals surface area contributed by atoms with Crippen molar-refractivity contribution in [2.75, 3.05) is 19.0 Å². The van der Waals surface area contributed by atoms with Crippen molar-refractivity contribution >= 4 is 68.1 Å². The number of nitrogens with one attached hydrogen (secondary N) is 1. The molecule has 3 aromatic rings. The van der Waals surface area contributed by atoms with Crippen LogP contribution < -0.4 is 14.8 Å². The number of rotatable bonds is 10. The lowest BCUT2D eigenvalue weighted by Gasteiger charge is -2.16. The molecule has 40 heavy (non-hydrogen) atoms. The Hall–Kier alpha value is -3.60. The topological polar surface area (TPSA) is 84.9 Å². The Labute approximate surface area is 248 Å². The second-order valence-electron chi connectivity index (χ2n) is 8.56. The molecule has 0 saturated carbocycles. The second-order valence-corrected chi connectivity index (χ2v) is 10.9. The first-order valence-electron chi connectivity index (χ1n) is 11.9. The Morgan fingerprint density at radius 1 is 1.18 bits per heavy atom. The fraction of sp³-hybridized carbons (Fsp3) is 0.138. The van der Waals surface area contributed by atoms with Crippen LogP contribution in [0.1, 0.15) is 16.7 Å². The molecule has 0 radical (unpaired) electrons. The molecule has 7 nitrogen and oxygen atoms in total. The predicted octanol–water partition coefficient (Wildman–Crippen LogP) is 7.23. The van der Waals surface area contributed by atoms with E-state index in [1.165, 1.54) is 19.2 Å². The molecule has 1 aliphatic heterocycles. The average Bonchev–Trinajstić information content (AvgIpc) is 3.18. The smallest absolute Gasteiger partial charge is 0.294 e. The SMILES string of the molecule is C=CCc1cc(/C=C2\SC(=O)N(CC(=O)Nc3ccc(F)c(Cl)c3)C2=O)cc(OC)c1OCc1ccc(Br)cc1. The molecule has 3 aromatic carbocycles. The highest BCUT2D eigenvalue weighted by Crippen LogP contribution is 2.37. The third kappa shape index (κ3) is 7.12. The summed E-state index contributed by atoms with van der Waals surface area (Å²) in [5.41, 5.74) is 2.61. The lowest BCUT2D eigenvalue weighted by molar-refractivity contribution is -0.127. The van der Waals surface area contributed by atoms with Crippen molar-refractivity contribution in [3.63, 3.8) is 0 Å². The van der Waals surface area contributed by atoms with Gasteiger partial charge in [-0.05, 0) is 77.9 Å². The molecule has 11 heteroatoms. The predicted molar refractivity (Wildman–Crippen MR) is 158 cm³/mol. The van der Waals surface area contributed by atoms with Crippen LogP contribution >= 0.6 is 39.3 Å². The highest BCUT2D eigenvalue weighted by Gasteiger charge is 2.36. The molecule has 0 aliphatic carbocycles. The fourth-order valence-corrected chi connectivity index (χ4v) is 5.11. The van der Waals surface area contributed by atoms with Gasteiger partial charge in [-0.1, -0.05) is 45.7 Å². The van der Waals surface area contributed by atoms with E-state index in [1.807, 2.05) is 30.3 Å². The largest absolute Gasteiger partial charge is 0.493 e. The minimum Gasteiger partial charge on any atom is -0.493 e. The van der Waals surface area contributed by atoms with Crippen molar-refractivity contribution in [3.05, 3.63) is 104 Å². The number of halogens is 3. The third-order valence-corrected chi connectivity index (χ3v) is 7.44. The zero-order valence-corrected chi connectivity index (χ0v) is 24.4. The van der Waals surface area contributed by atoms with Gasteiger partial charge in [0.15, 0.2) is 11.5 Å². The molecule has 206 valence electrons. The van der Waals surface area contributed by atoms with Gasteiger partial charge in [0, 0.05) is 15.7 Å². The van der Waals surface area contributed by atoms with Crippen molar-refractivity contribution < 1.29 is 28.2 Å². The van der Waals surface area contributed by atoms with E-state index in [0.29, 0.717) is 30.1 Å². The molecule has 0 atom stereocenters. The Balaban J connectivity index is 1.51. The zero-order chi connectivity index (χ0) is 28.8. The number of hydrogen-bond acceptors (Lipinski definition) is 6. The van der Waals surface area contributed by atoms with Crippen molar-refractivity contribution in [3.8, 4) is 11.5 Å². The summed E-state index contributed by atoms with van der Waals surface area (Å²) in [6.45, 7) is 3.63. The third-order valence-electron chi connectivity index (χ3n) is 5.71. The molecule has 0 bridgehead atoms.